The van der Waals surface area contributed by atoms with Crippen molar-refractivity contribution in [3.63, 3.8) is 0 Å². The maximum atomic E-state index is 4.66. The topological polar surface area (TPSA) is 51.6 Å². The maximum absolute atomic E-state index is 4.66. The van der Waals surface area contributed by atoms with Crippen molar-refractivity contribution >= 4 is 21.8 Å². The molecular weight excluding hydrogens is 320 g/mol. The van der Waals surface area contributed by atoms with E-state index in [1.807, 2.05) is 42.7 Å². The van der Waals surface area contributed by atoms with Crippen LogP contribution >= 0.6 is 0 Å². The Morgan fingerprint density at radius 3 is 2.15 bits per heavy atom. The van der Waals surface area contributed by atoms with Crippen LogP contribution in [0.2, 0.25) is 0 Å². The third kappa shape index (κ3) is 2.48. The van der Waals surface area contributed by atoms with Crippen LogP contribution in [-0.4, -0.2) is 19.9 Å². The van der Waals surface area contributed by atoms with Gasteiger partial charge in [-0.05, 0) is 30.3 Å². The van der Waals surface area contributed by atoms with Crippen molar-refractivity contribution in [1.29, 1.82) is 0 Å². The summed E-state index contributed by atoms with van der Waals surface area (Å²) in [6, 6.07) is 20.2. The molecule has 0 amide bonds. The number of aromatic nitrogens is 4. The smallest absolute Gasteiger partial charge is 0.0964 e. The van der Waals surface area contributed by atoms with Gasteiger partial charge in [0, 0.05) is 46.7 Å². The lowest BCUT2D eigenvalue weighted by molar-refractivity contribution is 1.25. The summed E-state index contributed by atoms with van der Waals surface area (Å²) < 4.78 is 0. The minimum atomic E-state index is 0.860. The molecule has 0 radical (unpaired) electrons. The predicted molar refractivity (Wildman–Crippen MR) is 104 cm³/mol. The van der Waals surface area contributed by atoms with E-state index in [0.717, 1.165) is 44.3 Å². The largest absolute Gasteiger partial charge is 0.255 e. The van der Waals surface area contributed by atoms with Gasteiger partial charge in [-0.25, -0.2) is 0 Å². The molecule has 0 aliphatic heterocycles. The Kier molecular flexibility index (Phi) is 3.39. The number of nitrogens with zero attached hydrogens (tertiary/aromatic N) is 4. The first-order valence-corrected chi connectivity index (χ1v) is 8.40. The molecule has 0 atom stereocenters. The zero-order valence-electron chi connectivity index (χ0n) is 13.9. The van der Waals surface area contributed by atoms with Gasteiger partial charge >= 0.3 is 0 Å². The molecule has 0 aliphatic carbocycles. The van der Waals surface area contributed by atoms with Crippen molar-refractivity contribution in [2.45, 2.75) is 0 Å². The number of pyridine rings is 4. The maximum Gasteiger partial charge on any atom is 0.0964 e. The van der Waals surface area contributed by atoms with Gasteiger partial charge in [0.25, 0.3) is 0 Å². The lowest BCUT2D eigenvalue weighted by Gasteiger charge is -2.06. The van der Waals surface area contributed by atoms with Crippen LogP contribution in [0.3, 0.4) is 0 Å². The minimum Gasteiger partial charge on any atom is -0.255 e. The molecule has 0 saturated heterocycles. The number of hydrogen-bond donors (Lipinski definition) is 0. The molecule has 4 heterocycles. The summed E-state index contributed by atoms with van der Waals surface area (Å²) in [4.78, 5) is 18.0. The Hall–Kier alpha value is -3.66. The first-order valence-electron chi connectivity index (χ1n) is 8.40. The fourth-order valence-electron chi connectivity index (χ4n) is 3.12. The number of fused-ring (bicyclic) bond motifs is 3. The average molecular weight is 334 g/mol. The number of benzene rings is 1. The summed E-state index contributed by atoms with van der Waals surface area (Å²) in [5.41, 5.74) is 5.64. The molecule has 4 aromatic heterocycles. The SMILES string of the molecule is c1ccc(-c2ccc(-c3cnc4c(ccc5cccnc54)c3)cn2)nc1. The zero-order chi connectivity index (χ0) is 17.3. The molecule has 0 spiro atoms. The van der Waals surface area contributed by atoms with Gasteiger partial charge in [-0.15, -0.1) is 0 Å². The molecule has 0 unspecified atom stereocenters. The monoisotopic (exact) mass is 334 g/mol. The quantitative estimate of drug-likeness (QED) is 0.431. The Balaban J connectivity index is 1.57. The van der Waals surface area contributed by atoms with Crippen LogP contribution in [0, 0.1) is 0 Å². The third-order valence-electron chi connectivity index (χ3n) is 4.45. The lowest BCUT2D eigenvalue weighted by Crippen LogP contribution is -1.89. The van der Waals surface area contributed by atoms with Crippen molar-refractivity contribution in [2.75, 3.05) is 0 Å². The fraction of sp³-hybridized carbons (Fsp3) is 0. The van der Waals surface area contributed by atoms with Crippen LogP contribution in [0.5, 0.6) is 0 Å². The highest BCUT2D eigenvalue weighted by Gasteiger charge is 2.07. The van der Waals surface area contributed by atoms with Crippen molar-refractivity contribution in [2.24, 2.45) is 0 Å². The van der Waals surface area contributed by atoms with E-state index < -0.39 is 0 Å². The van der Waals surface area contributed by atoms with Gasteiger partial charge < -0.3 is 0 Å². The third-order valence-corrected chi connectivity index (χ3v) is 4.45. The molecule has 0 bridgehead atoms. The standard InChI is InChI=1S/C22H14N4/c1-2-10-23-19(5-1)20-9-8-17(13-25-20)18-12-16-7-6-15-4-3-11-24-21(15)22(16)26-14-18/h1-14H. The molecule has 26 heavy (non-hydrogen) atoms. The highest BCUT2D eigenvalue weighted by Crippen LogP contribution is 2.27. The van der Waals surface area contributed by atoms with Crippen LogP contribution in [0.25, 0.3) is 44.3 Å². The summed E-state index contributed by atoms with van der Waals surface area (Å²) in [6.45, 7) is 0. The van der Waals surface area contributed by atoms with Crippen molar-refractivity contribution in [3.8, 4) is 22.5 Å². The van der Waals surface area contributed by atoms with Gasteiger partial charge in [0.1, 0.15) is 0 Å². The molecule has 4 heteroatoms. The Labute approximate surface area is 150 Å². The van der Waals surface area contributed by atoms with E-state index in [9.17, 15) is 0 Å². The molecule has 4 nitrogen and oxygen atoms in total. The second-order valence-corrected chi connectivity index (χ2v) is 6.08. The molecule has 122 valence electrons. The van der Waals surface area contributed by atoms with Gasteiger partial charge in [-0.3, -0.25) is 19.9 Å². The molecule has 0 saturated carbocycles. The van der Waals surface area contributed by atoms with E-state index in [4.69, 9.17) is 0 Å². The van der Waals surface area contributed by atoms with Gasteiger partial charge in [-0.1, -0.05) is 30.3 Å². The lowest BCUT2D eigenvalue weighted by atomic mass is 10.0. The molecule has 0 aliphatic rings. The van der Waals surface area contributed by atoms with Gasteiger partial charge in [0.05, 0.1) is 22.4 Å². The molecule has 0 N–H and O–H groups in total. The van der Waals surface area contributed by atoms with Crippen LogP contribution in [0.15, 0.2) is 85.5 Å². The first kappa shape index (κ1) is 14.7. The molecule has 5 aromatic rings. The highest BCUT2D eigenvalue weighted by atomic mass is 14.8. The summed E-state index contributed by atoms with van der Waals surface area (Å²) in [5, 5.41) is 2.17. The van der Waals surface area contributed by atoms with E-state index in [2.05, 4.69) is 50.3 Å². The van der Waals surface area contributed by atoms with E-state index in [-0.39, 0.29) is 0 Å². The Bertz CT molecular complexity index is 1220. The number of rotatable bonds is 2. The predicted octanol–water partition coefficient (Wildman–Crippen LogP) is 4.91. The molecule has 1 aromatic carbocycles. The summed E-state index contributed by atoms with van der Waals surface area (Å²) in [5.74, 6) is 0. The summed E-state index contributed by atoms with van der Waals surface area (Å²) >= 11 is 0. The van der Waals surface area contributed by atoms with Crippen LogP contribution in [0.4, 0.5) is 0 Å². The van der Waals surface area contributed by atoms with Crippen molar-refractivity contribution < 1.29 is 0 Å². The zero-order valence-corrected chi connectivity index (χ0v) is 13.9. The Morgan fingerprint density at radius 1 is 0.500 bits per heavy atom. The van der Waals surface area contributed by atoms with Crippen molar-refractivity contribution in [3.05, 3.63) is 85.5 Å². The average Bonchev–Trinajstić information content (AvgIpc) is 2.74. The second kappa shape index (κ2) is 6.01. The van der Waals surface area contributed by atoms with Crippen molar-refractivity contribution in [1.82, 2.24) is 19.9 Å². The Morgan fingerprint density at radius 2 is 1.31 bits per heavy atom. The van der Waals surface area contributed by atoms with E-state index in [0.29, 0.717) is 0 Å². The first-order chi connectivity index (χ1) is 12.9. The minimum absolute atomic E-state index is 0.860. The van der Waals surface area contributed by atoms with Gasteiger partial charge in [0.15, 0.2) is 0 Å². The van der Waals surface area contributed by atoms with E-state index >= 15 is 0 Å². The second-order valence-electron chi connectivity index (χ2n) is 6.08. The normalized spacial score (nSPS) is 11.1. The van der Waals surface area contributed by atoms with E-state index in [1.54, 1.807) is 12.4 Å². The van der Waals surface area contributed by atoms with Crippen LogP contribution in [0.1, 0.15) is 0 Å². The van der Waals surface area contributed by atoms with Gasteiger partial charge in [-0.2, -0.15) is 0 Å². The summed E-state index contributed by atoms with van der Waals surface area (Å²) in [6.07, 6.45) is 7.33. The molecular formula is C22H14N4. The van der Waals surface area contributed by atoms with Crippen LogP contribution < -0.4 is 0 Å². The number of hydrogen-bond acceptors (Lipinski definition) is 4. The molecule has 0 fully saturated rings. The molecule has 5 rings (SSSR count). The van der Waals surface area contributed by atoms with E-state index in [1.165, 1.54) is 0 Å². The van der Waals surface area contributed by atoms with Gasteiger partial charge in [0.2, 0.25) is 0 Å². The summed E-state index contributed by atoms with van der Waals surface area (Å²) in [7, 11) is 0. The van der Waals surface area contributed by atoms with Crippen LogP contribution in [-0.2, 0) is 0 Å². The highest BCUT2D eigenvalue weighted by molar-refractivity contribution is 6.03. The fourth-order valence-corrected chi connectivity index (χ4v) is 3.12.